The number of carbonyl (C=O) groups excluding carboxylic acids is 2. The van der Waals surface area contributed by atoms with E-state index in [1.54, 1.807) is 18.2 Å². The van der Waals surface area contributed by atoms with Gasteiger partial charge in [-0.3, -0.25) is 4.79 Å². The van der Waals surface area contributed by atoms with Gasteiger partial charge < -0.3 is 4.74 Å². The van der Waals surface area contributed by atoms with E-state index in [9.17, 15) is 9.59 Å². The van der Waals surface area contributed by atoms with E-state index in [-0.39, 0.29) is 5.78 Å². The third-order valence-electron chi connectivity index (χ3n) is 5.00. The molecule has 3 aromatic rings. The van der Waals surface area contributed by atoms with Gasteiger partial charge in [-0.05, 0) is 44.9 Å². The fraction of sp³-hybridized carbons (Fsp3) is 0.200. The van der Waals surface area contributed by atoms with Crippen LogP contribution in [0.5, 0.6) is 0 Å². The molecular formula is C25H24O3. The van der Waals surface area contributed by atoms with Crippen LogP contribution in [-0.4, -0.2) is 11.8 Å². The van der Waals surface area contributed by atoms with Crippen LogP contribution in [0.3, 0.4) is 0 Å². The van der Waals surface area contributed by atoms with Crippen molar-refractivity contribution in [1.82, 2.24) is 0 Å². The summed E-state index contributed by atoms with van der Waals surface area (Å²) in [5.41, 5.74) is 5.67. The molecule has 3 rings (SSSR count). The van der Waals surface area contributed by atoms with E-state index in [2.05, 4.69) is 0 Å². The summed E-state index contributed by atoms with van der Waals surface area (Å²) in [4.78, 5) is 26.1. The number of aryl methyl sites for hydroxylation is 3. The van der Waals surface area contributed by atoms with Gasteiger partial charge in [0.05, 0.1) is 5.56 Å². The molecule has 0 radical (unpaired) electrons. The van der Waals surface area contributed by atoms with Crippen LogP contribution in [0.1, 0.15) is 54.6 Å². The molecule has 0 amide bonds. The van der Waals surface area contributed by atoms with Gasteiger partial charge in [0.2, 0.25) is 5.78 Å². The lowest BCUT2D eigenvalue weighted by molar-refractivity contribution is 0.0279. The minimum Gasteiger partial charge on any atom is -0.445 e. The number of ketones is 1. The first-order valence-electron chi connectivity index (χ1n) is 9.31. The highest BCUT2D eigenvalue weighted by atomic mass is 16.5. The highest BCUT2D eigenvalue weighted by molar-refractivity contribution is 6.02. The van der Waals surface area contributed by atoms with Gasteiger partial charge in [-0.1, -0.05) is 71.8 Å². The number of ether oxygens (including phenoxy) is 1. The predicted octanol–water partition coefficient (Wildman–Crippen LogP) is 5.70. The van der Waals surface area contributed by atoms with Crippen molar-refractivity contribution in [3.63, 3.8) is 0 Å². The van der Waals surface area contributed by atoms with Gasteiger partial charge in [0.25, 0.3) is 0 Å². The largest absolute Gasteiger partial charge is 0.445 e. The summed E-state index contributed by atoms with van der Waals surface area (Å²) < 4.78 is 5.76. The molecule has 0 fully saturated rings. The van der Waals surface area contributed by atoms with Crippen molar-refractivity contribution in [2.45, 2.75) is 33.8 Å². The Hall–Kier alpha value is -3.20. The van der Waals surface area contributed by atoms with Gasteiger partial charge in [-0.2, -0.15) is 0 Å². The lowest BCUT2D eigenvalue weighted by Gasteiger charge is -2.19. The molecule has 0 spiro atoms. The second kappa shape index (κ2) is 8.22. The predicted molar refractivity (Wildman–Crippen MR) is 111 cm³/mol. The molecule has 3 nitrogen and oxygen atoms in total. The minimum atomic E-state index is -0.990. The average Bonchev–Trinajstić information content (AvgIpc) is 2.69. The average molecular weight is 372 g/mol. The van der Waals surface area contributed by atoms with E-state index >= 15 is 0 Å². The second-order valence-corrected chi connectivity index (χ2v) is 7.17. The maximum absolute atomic E-state index is 13.2. The van der Waals surface area contributed by atoms with Crippen molar-refractivity contribution >= 4 is 11.8 Å². The normalized spacial score (nSPS) is 11.7. The second-order valence-electron chi connectivity index (χ2n) is 7.17. The summed E-state index contributed by atoms with van der Waals surface area (Å²) >= 11 is 0. The zero-order chi connectivity index (χ0) is 20.3. The van der Waals surface area contributed by atoms with Crippen molar-refractivity contribution in [3.8, 4) is 0 Å². The Balaban J connectivity index is 1.97. The van der Waals surface area contributed by atoms with E-state index in [4.69, 9.17) is 4.74 Å². The Morgan fingerprint density at radius 1 is 0.750 bits per heavy atom. The Morgan fingerprint density at radius 2 is 1.32 bits per heavy atom. The van der Waals surface area contributed by atoms with Crippen molar-refractivity contribution < 1.29 is 14.3 Å². The maximum Gasteiger partial charge on any atom is 0.339 e. The first-order chi connectivity index (χ1) is 13.4. The molecule has 28 heavy (non-hydrogen) atoms. The van der Waals surface area contributed by atoms with Crippen molar-refractivity contribution in [2.24, 2.45) is 0 Å². The van der Waals surface area contributed by atoms with Crippen LogP contribution in [0.2, 0.25) is 0 Å². The molecule has 3 heteroatoms. The van der Waals surface area contributed by atoms with E-state index in [1.807, 2.05) is 76.2 Å². The summed E-state index contributed by atoms with van der Waals surface area (Å²) in [6.45, 7) is 7.77. The van der Waals surface area contributed by atoms with E-state index in [1.165, 1.54) is 0 Å². The molecule has 0 aliphatic rings. The van der Waals surface area contributed by atoms with E-state index in [0.717, 1.165) is 22.3 Å². The number of rotatable bonds is 5. The highest BCUT2D eigenvalue weighted by Crippen LogP contribution is 2.26. The summed E-state index contributed by atoms with van der Waals surface area (Å²) in [7, 11) is 0. The Bertz CT molecular complexity index is 999. The van der Waals surface area contributed by atoms with Gasteiger partial charge in [-0.15, -0.1) is 0 Å². The first-order valence-corrected chi connectivity index (χ1v) is 9.31. The zero-order valence-corrected chi connectivity index (χ0v) is 16.7. The van der Waals surface area contributed by atoms with Crippen LogP contribution < -0.4 is 0 Å². The van der Waals surface area contributed by atoms with E-state index in [0.29, 0.717) is 16.7 Å². The van der Waals surface area contributed by atoms with Crippen LogP contribution in [0.4, 0.5) is 0 Å². The summed E-state index contributed by atoms with van der Waals surface area (Å²) in [5.74, 6) is -0.727. The van der Waals surface area contributed by atoms with Crippen molar-refractivity contribution in [3.05, 3.63) is 106 Å². The molecule has 1 atom stereocenters. The molecule has 0 heterocycles. The van der Waals surface area contributed by atoms with Gasteiger partial charge in [-0.25, -0.2) is 4.79 Å². The first kappa shape index (κ1) is 19.6. The number of hydrogen-bond donors (Lipinski definition) is 0. The quantitative estimate of drug-likeness (QED) is 0.426. The molecule has 0 saturated heterocycles. The summed E-state index contributed by atoms with van der Waals surface area (Å²) in [5, 5.41) is 0. The molecule has 0 bridgehead atoms. The molecule has 3 aromatic carbocycles. The van der Waals surface area contributed by atoms with Crippen LogP contribution in [0, 0.1) is 27.7 Å². The molecule has 0 aliphatic heterocycles. The van der Waals surface area contributed by atoms with Crippen molar-refractivity contribution in [2.75, 3.05) is 0 Å². The Morgan fingerprint density at radius 3 is 1.93 bits per heavy atom. The van der Waals surface area contributed by atoms with Crippen LogP contribution in [0.15, 0.2) is 66.7 Å². The zero-order valence-electron chi connectivity index (χ0n) is 16.7. The van der Waals surface area contributed by atoms with Crippen LogP contribution in [-0.2, 0) is 4.74 Å². The van der Waals surface area contributed by atoms with Gasteiger partial charge >= 0.3 is 5.97 Å². The Labute approximate surface area is 166 Å². The molecular weight excluding hydrogens is 348 g/mol. The van der Waals surface area contributed by atoms with Crippen LogP contribution >= 0.6 is 0 Å². The fourth-order valence-electron chi connectivity index (χ4n) is 3.03. The molecule has 0 aromatic heterocycles. The summed E-state index contributed by atoms with van der Waals surface area (Å²) in [6, 6.07) is 20.3. The number of benzene rings is 3. The number of esters is 1. The van der Waals surface area contributed by atoms with E-state index < -0.39 is 12.1 Å². The van der Waals surface area contributed by atoms with Crippen LogP contribution in [0.25, 0.3) is 0 Å². The molecule has 142 valence electrons. The third-order valence-corrected chi connectivity index (χ3v) is 5.00. The highest BCUT2D eigenvalue weighted by Gasteiger charge is 2.27. The van der Waals surface area contributed by atoms with Crippen molar-refractivity contribution in [1.29, 1.82) is 0 Å². The number of Topliss-reactive ketones (excluding diaryl/α,β-unsaturated/α-hetero) is 1. The van der Waals surface area contributed by atoms with Gasteiger partial charge in [0.1, 0.15) is 0 Å². The molecule has 0 unspecified atom stereocenters. The molecule has 0 N–H and O–H groups in total. The number of hydrogen-bond acceptors (Lipinski definition) is 3. The summed E-state index contributed by atoms with van der Waals surface area (Å²) in [6.07, 6.45) is -0.990. The lowest BCUT2D eigenvalue weighted by atomic mass is 9.98. The standard InChI is InChI=1S/C25H24O3/c1-16-8-12-20(13-9-16)23(26)24(21-14-10-17(2)11-15-21)28-25(27)22-7-5-6-18(3)19(22)4/h5-15,24H,1-4H3/t24-/m1/s1. The SMILES string of the molecule is Cc1ccc(C(=O)[C@H](OC(=O)c2cccc(C)c2C)c2ccc(C)cc2)cc1. The fourth-order valence-corrected chi connectivity index (χ4v) is 3.03. The molecule has 0 aliphatic carbocycles. The smallest absolute Gasteiger partial charge is 0.339 e. The molecule has 0 saturated carbocycles. The minimum absolute atomic E-state index is 0.234. The topological polar surface area (TPSA) is 43.4 Å². The number of carbonyl (C=O) groups is 2. The van der Waals surface area contributed by atoms with Gasteiger partial charge in [0, 0.05) is 11.1 Å². The Kier molecular flexibility index (Phi) is 5.74. The monoisotopic (exact) mass is 372 g/mol. The lowest BCUT2D eigenvalue weighted by Crippen LogP contribution is -2.21. The van der Waals surface area contributed by atoms with Gasteiger partial charge in [0.15, 0.2) is 6.10 Å². The third kappa shape index (κ3) is 4.20. The maximum atomic E-state index is 13.2.